The van der Waals surface area contributed by atoms with E-state index >= 15 is 0 Å². The number of carbonyl (C=O) groups is 2. The van der Waals surface area contributed by atoms with Crippen LogP contribution in [-0.2, 0) is 9.59 Å². The molecular weight excluding hydrogens is 454 g/mol. The number of piperazine rings is 1. The molecule has 10 heteroatoms. The van der Waals surface area contributed by atoms with E-state index < -0.39 is 0 Å². The van der Waals surface area contributed by atoms with Crippen LogP contribution in [0.5, 0.6) is 0 Å². The molecule has 2 amide bonds. The van der Waals surface area contributed by atoms with Gasteiger partial charge in [0, 0.05) is 63.4 Å². The quantitative estimate of drug-likeness (QED) is 0.545. The van der Waals surface area contributed by atoms with Crippen molar-refractivity contribution >= 4 is 29.2 Å². The Hall–Kier alpha value is -3.46. The van der Waals surface area contributed by atoms with Crippen molar-refractivity contribution in [2.45, 2.75) is 37.8 Å². The Morgan fingerprint density at radius 3 is 2.74 bits per heavy atom. The number of aromatic nitrogens is 4. The fraction of sp³-hybridized carbons (Fsp3) is 0.375. The molecular formula is C24H26ClN7O2. The third kappa shape index (κ3) is 4.89. The standard InChI is InChI=1S/C24H26ClN7O2/c1-16(33)30-9-10-32(22-13-21(25)28-24(29-22)31-8-7-26-15-31)18(14-30)11-23(34)27-20-12-19(20)17-5-3-2-4-6-17/h2-8,13,15,18-20H,9-12,14H2,1H3,(H,27,34). The lowest BCUT2D eigenvalue weighted by molar-refractivity contribution is -0.130. The van der Waals surface area contributed by atoms with Gasteiger partial charge in [-0.2, -0.15) is 4.98 Å². The van der Waals surface area contributed by atoms with Crippen LogP contribution < -0.4 is 10.2 Å². The minimum atomic E-state index is -0.229. The van der Waals surface area contributed by atoms with Gasteiger partial charge in [-0.25, -0.2) is 9.97 Å². The molecule has 3 heterocycles. The highest BCUT2D eigenvalue weighted by Gasteiger charge is 2.40. The minimum absolute atomic E-state index is 0.00350. The molecule has 1 aliphatic heterocycles. The number of amides is 2. The lowest BCUT2D eigenvalue weighted by Crippen LogP contribution is -2.56. The van der Waals surface area contributed by atoms with E-state index in [1.165, 1.54) is 5.56 Å². The van der Waals surface area contributed by atoms with Gasteiger partial charge in [0.25, 0.3) is 0 Å². The van der Waals surface area contributed by atoms with Crippen LogP contribution in [0.25, 0.3) is 5.95 Å². The first-order chi connectivity index (χ1) is 16.5. The number of hydrogen-bond donors (Lipinski definition) is 1. The van der Waals surface area contributed by atoms with E-state index in [1.807, 2.05) is 18.2 Å². The molecule has 0 spiro atoms. The highest BCUT2D eigenvalue weighted by Crippen LogP contribution is 2.40. The lowest BCUT2D eigenvalue weighted by atomic mass is 10.1. The summed E-state index contributed by atoms with van der Waals surface area (Å²) in [5.41, 5.74) is 1.25. The zero-order valence-electron chi connectivity index (χ0n) is 18.8. The van der Waals surface area contributed by atoms with Crippen LogP contribution >= 0.6 is 11.6 Å². The SMILES string of the molecule is CC(=O)N1CCN(c2cc(Cl)nc(-n3ccnc3)n2)C(CC(=O)NC2CC2c2ccccc2)C1. The average Bonchev–Trinajstić information content (AvgIpc) is 3.36. The molecule has 1 aliphatic carbocycles. The first kappa shape index (κ1) is 22.3. The molecule has 34 heavy (non-hydrogen) atoms. The summed E-state index contributed by atoms with van der Waals surface area (Å²) < 4.78 is 1.68. The molecule has 3 aromatic rings. The van der Waals surface area contributed by atoms with Crippen LogP contribution in [0.3, 0.4) is 0 Å². The van der Waals surface area contributed by atoms with E-state index in [9.17, 15) is 9.59 Å². The number of hydrogen-bond acceptors (Lipinski definition) is 6. The maximum atomic E-state index is 13.0. The van der Waals surface area contributed by atoms with Gasteiger partial charge in [-0.3, -0.25) is 14.2 Å². The second-order valence-corrected chi connectivity index (χ2v) is 9.15. The molecule has 5 rings (SSSR count). The fourth-order valence-corrected chi connectivity index (χ4v) is 4.73. The van der Waals surface area contributed by atoms with Gasteiger partial charge in [0.15, 0.2) is 0 Å². The molecule has 3 unspecified atom stereocenters. The fourth-order valence-electron chi connectivity index (χ4n) is 4.55. The minimum Gasteiger partial charge on any atom is -0.353 e. The number of anilines is 1. The van der Waals surface area contributed by atoms with Gasteiger partial charge in [0.1, 0.15) is 17.3 Å². The Balaban J connectivity index is 1.32. The molecule has 2 aromatic heterocycles. The molecule has 9 nitrogen and oxygen atoms in total. The van der Waals surface area contributed by atoms with Gasteiger partial charge in [-0.15, -0.1) is 0 Å². The molecule has 2 aliphatic rings. The Bertz CT molecular complexity index is 1170. The predicted molar refractivity (Wildman–Crippen MR) is 128 cm³/mol. The predicted octanol–water partition coefficient (Wildman–Crippen LogP) is 2.42. The molecule has 1 saturated carbocycles. The number of nitrogens with zero attached hydrogens (tertiary/aromatic N) is 6. The van der Waals surface area contributed by atoms with E-state index in [4.69, 9.17) is 11.6 Å². The number of imidazole rings is 1. The Kier molecular flexibility index (Phi) is 6.19. The van der Waals surface area contributed by atoms with Gasteiger partial charge in [-0.1, -0.05) is 41.9 Å². The van der Waals surface area contributed by atoms with E-state index in [0.717, 1.165) is 6.42 Å². The summed E-state index contributed by atoms with van der Waals surface area (Å²) >= 11 is 6.31. The highest BCUT2D eigenvalue weighted by atomic mass is 35.5. The summed E-state index contributed by atoms with van der Waals surface area (Å²) in [5.74, 6) is 1.36. The van der Waals surface area contributed by atoms with Crippen molar-refractivity contribution in [2.24, 2.45) is 0 Å². The zero-order chi connectivity index (χ0) is 23.7. The Morgan fingerprint density at radius 1 is 1.18 bits per heavy atom. The third-order valence-electron chi connectivity index (χ3n) is 6.41. The van der Waals surface area contributed by atoms with Crippen LogP contribution in [0.15, 0.2) is 55.1 Å². The molecule has 3 atom stereocenters. The molecule has 0 radical (unpaired) electrons. The maximum Gasteiger partial charge on any atom is 0.238 e. The van der Waals surface area contributed by atoms with Crippen molar-refractivity contribution in [3.63, 3.8) is 0 Å². The topological polar surface area (TPSA) is 96.2 Å². The summed E-state index contributed by atoms with van der Waals surface area (Å²) in [6.45, 7) is 3.09. The first-order valence-corrected chi connectivity index (χ1v) is 11.7. The average molecular weight is 480 g/mol. The molecule has 1 saturated heterocycles. The van der Waals surface area contributed by atoms with Crippen LogP contribution in [0, 0.1) is 0 Å². The number of rotatable bonds is 6. The van der Waals surface area contributed by atoms with Crippen LogP contribution in [-0.4, -0.2) is 68.0 Å². The zero-order valence-corrected chi connectivity index (χ0v) is 19.6. The number of halogens is 1. The van der Waals surface area contributed by atoms with Crippen LogP contribution in [0.2, 0.25) is 5.15 Å². The van der Waals surface area contributed by atoms with Crippen molar-refractivity contribution in [1.82, 2.24) is 29.7 Å². The Morgan fingerprint density at radius 2 is 2.00 bits per heavy atom. The van der Waals surface area contributed by atoms with Gasteiger partial charge in [0.05, 0.1) is 6.04 Å². The third-order valence-corrected chi connectivity index (χ3v) is 6.61. The monoisotopic (exact) mass is 479 g/mol. The van der Waals surface area contributed by atoms with Gasteiger partial charge in [-0.05, 0) is 12.0 Å². The summed E-state index contributed by atoms with van der Waals surface area (Å²) in [7, 11) is 0. The van der Waals surface area contributed by atoms with Crippen molar-refractivity contribution < 1.29 is 9.59 Å². The molecule has 1 N–H and O–H groups in total. The number of benzene rings is 1. The van der Waals surface area contributed by atoms with Crippen molar-refractivity contribution in [3.8, 4) is 5.95 Å². The van der Waals surface area contributed by atoms with E-state index in [2.05, 4.69) is 37.3 Å². The van der Waals surface area contributed by atoms with Gasteiger partial charge < -0.3 is 15.1 Å². The first-order valence-electron chi connectivity index (χ1n) is 11.4. The molecule has 176 valence electrons. The molecule has 2 fully saturated rings. The number of carbonyl (C=O) groups excluding carboxylic acids is 2. The van der Waals surface area contributed by atoms with Crippen LogP contribution in [0.4, 0.5) is 5.82 Å². The summed E-state index contributed by atoms with van der Waals surface area (Å²) in [6, 6.07) is 11.9. The van der Waals surface area contributed by atoms with Crippen molar-refractivity contribution in [3.05, 3.63) is 65.8 Å². The summed E-state index contributed by atoms with van der Waals surface area (Å²) in [4.78, 5) is 41.9. The largest absolute Gasteiger partial charge is 0.353 e. The van der Waals surface area contributed by atoms with Crippen molar-refractivity contribution in [2.75, 3.05) is 24.5 Å². The van der Waals surface area contributed by atoms with Crippen LogP contribution in [0.1, 0.15) is 31.2 Å². The molecule has 0 bridgehead atoms. The number of nitrogens with one attached hydrogen (secondary N) is 1. The van der Waals surface area contributed by atoms with Gasteiger partial charge >= 0.3 is 0 Å². The summed E-state index contributed by atoms with van der Waals surface area (Å²) in [5, 5.41) is 3.47. The lowest BCUT2D eigenvalue weighted by Gasteiger charge is -2.41. The summed E-state index contributed by atoms with van der Waals surface area (Å²) in [6.07, 6.45) is 6.19. The van der Waals surface area contributed by atoms with E-state index in [1.54, 1.807) is 41.2 Å². The smallest absolute Gasteiger partial charge is 0.238 e. The van der Waals surface area contributed by atoms with Gasteiger partial charge in [0.2, 0.25) is 17.8 Å². The highest BCUT2D eigenvalue weighted by molar-refractivity contribution is 6.29. The maximum absolute atomic E-state index is 13.0. The second-order valence-electron chi connectivity index (χ2n) is 8.76. The second kappa shape index (κ2) is 9.42. The Labute approximate surface area is 202 Å². The van der Waals surface area contributed by atoms with E-state index in [-0.39, 0.29) is 30.3 Å². The van der Waals surface area contributed by atoms with E-state index in [0.29, 0.717) is 42.5 Å². The van der Waals surface area contributed by atoms with Crippen molar-refractivity contribution in [1.29, 1.82) is 0 Å². The normalized spacial score (nSPS) is 21.9. The molecule has 1 aromatic carbocycles.